The number of ether oxygens (including phenoxy) is 1. The average Bonchev–Trinajstić information content (AvgIpc) is 3.31. The number of fused-ring (bicyclic) bond motifs is 2. The molecular formula is C22H21F3N4O2S. The molecule has 1 fully saturated rings. The summed E-state index contributed by atoms with van der Waals surface area (Å²) in [6.45, 7) is 0.522. The number of nitrogens with one attached hydrogen (secondary N) is 1. The molecule has 1 aliphatic rings. The Balaban J connectivity index is 1.34. The average molecular weight is 462 g/mol. The van der Waals surface area contributed by atoms with Crippen LogP contribution in [0.2, 0.25) is 0 Å². The summed E-state index contributed by atoms with van der Waals surface area (Å²) in [4.78, 5) is 8.86. The molecule has 6 nitrogen and oxygen atoms in total. The first-order valence-corrected chi connectivity index (χ1v) is 11.2. The molecule has 5 rings (SSSR count). The number of rotatable bonds is 5. The summed E-state index contributed by atoms with van der Waals surface area (Å²) in [5.41, 5.74) is 3.07. The molecule has 0 spiro atoms. The van der Waals surface area contributed by atoms with Gasteiger partial charge in [0.1, 0.15) is 5.75 Å². The van der Waals surface area contributed by atoms with Gasteiger partial charge in [-0.15, -0.1) is 13.2 Å². The van der Waals surface area contributed by atoms with Gasteiger partial charge in [0.25, 0.3) is 0 Å². The smallest absolute Gasteiger partial charge is 0.406 e. The second kappa shape index (κ2) is 8.25. The van der Waals surface area contributed by atoms with Gasteiger partial charge in [-0.2, -0.15) is 0 Å². The van der Waals surface area contributed by atoms with E-state index in [1.807, 2.05) is 16.7 Å². The maximum atomic E-state index is 12.4. The van der Waals surface area contributed by atoms with E-state index in [1.165, 1.54) is 12.1 Å². The Morgan fingerprint density at radius 3 is 2.78 bits per heavy atom. The van der Waals surface area contributed by atoms with Gasteiger partial charge in [0, 0.05) is 12.6 Å². The fourth-order valence-electron chi connectivity index (χ4n) is 4.13. The Kier molecular flexibility index (Phi) is 5.42. The number of nitrogens with zero attached hydrogens (tertiary/aromatic N) is 3. The number of alkyl halides is 3. The third-order valence-electron chi connectivity index (χ3n) is 5.67. The molecule has 2 heterocycles. The summed E-state index contributed by atoms with van der Waals surface area (Å²) in [6.07, 6.45) is 0.442. The molecule has 0 radical (unpaired) electrons. The van der Waals surface area contributed by atoms with Gasteiger partial charge < -0.3 is 19.7 Å². The summed E-state index contributed by atoms with van der Waals surface area (Å²) >= 11 is 1.55. The normalized spacial score (nSPS) is 19.5. The number of imidazole rings is 1. The van der Waals surface area contributed by atoms with E-state index in [-0.39, 0.29) is 17.9 Å². The summed E-state index contributed by atoms with van der Waals surface area (Å²) in [5, 5.41) is 14.4. The molecule has 2 aromatic carbocycles. The Bertz CT molecular complexity index is 1250. The van der Waals surface area contributed by atoms with Crippen LogP contribution in [0.3, 0.4) is 0 Å². The zero-order chi connectivity index (χ0) is 22.3. The van der Waals surface area contributed by atoms with Gasteiger partial charge in [-0.25, -0.2) is 9.97 Å². The Morgan fingerprint density at radius 2 is 1.97 bits per heavy atom. The van der Waals surface area contributed by atoms with Gasteiger partial charge >= 0.3 is 6.36 Å². The number of aliphatic hydroxyl groups is 1. The van der Waals surface area contributed by atoms with E-state index in [2.05, 4.69) is 26.1 Å². The highest BCUT2D eigenvalue weighted by Gasteiger charge is 2.31. The van der Waals surface area contributed by atoms with E-state index in [0.717, 1.165) is 52.1 Å². The first kappa shape index (κ1) is 21.0. The van der Waals surface area contributed by atoms with Gasteiger partial charge in [0.05, 0.1) is 39.7 Å². The monoisotopic (exact) mass is 462 g/mol. The lowest BCUT2D eigenvalue weighted by Crippen LogP contribution is -2.36. The number of halogens is 3. The minimum absolute atomic E-state index is 0.0345. The molecule has 2 N–H and O–H groups in total. The van der Waals surface area contributed by atoms with Gasteiger partial charge in [-0.05, 0) is 42.7 Å². The quantitative estimate of drug-likeness (QED) is 0.421. The highest BCUT2D eigenvalue weighted by Crippen LogP contribution is 2.31. The predicted octanol–water partition coefficient (Wildman–Crippen LogP) is 5.31. The number of thiazole rings is 1. The minimum atomic E-state index is -4.73. The molecule has 32 heavy (non-hydrogen) atoms. The van der Waals surface area contributed by atoms with Crippen LogP contribution in [-0.2, 0) is 6.54 Å². The molecule has 10 heteroatoms. The number of hydrogen-bond acceptors (Lipinski definition) is 6. The number of anilines is 1. The maximum absolute atomic E-state index is 12.4. The van der Waals surface area contributed by atoms with E-state index in [4.69, 9.17) is 0 Å². The van der Waals surface area contributed by atoms with Crippen LogP contribution in [0, 0.1) is 0 Å². The summed E-state index contributed by atoms with van der Waals surface area (Å²) < 4.78 is 44.2. The Hall–Kier alpha value is -2.85. The zero-order valence-electron chi connectivity index (χ0n) is 17.0. The fourth-order valence-corrected chi connectivity index (χ4v) is 5.12. The molecule has 0 unspecified atom stereocenters. The topological polar surface area (TPSA) is 72.2 Å². The molecule has 0 saturated heterocycles. The van der Waals surface area contributed by atoms with Gasteiger partial charge in [0.2, 0.25) is 0 Å². The van der Waals surface area contributed by atoms with Crippen molar-refractivity contribution in [3.05, 3.63) is 48.3 Å². The van der Waals surface area contributed by atoms with Gasteiger partial charge in [0.15, 0.2) is 5.13 Å². The lowest BCUT2D eigenvalue weighted by atomic mass is 9.93. The van der Waals surface area contributed by atoms with E-state index in [0.29, 0.717) is 12.1 Å². The van der Waals surface area contributed by atoms with Crippen molar-refractivity contribution < 1.29 is 23.0 Å². The first-order valence-electron chi connectivity index (χ1n) is 10.4. The Labute approximate surface area is 185 Å². The molecule has 2 atom stereocenters. The van der Waals surface area contributed by atoms with Gasteiger partial charge in [-0.3, -0.25) is 0 Å². The molecule has 1 aliphatic carbocycles. The molecular weight excluding hydrogens is 441 g/mol. The van der Waals surface area contributed by atoms with Crippen molar-refractivity contribution in [3.63, 3.8) is 0 Å². The number of aliphatic hydroxyl groups excluding tert-OH is 1. The number of aromatic nitrogens is 3. The van der Waals surface area contributed by atoms with Crippen LogP contribution in [0.5, 0.6) is 5.75 Å². The SMILES string of the molecule is O[C@@H]1CCCC[C@H]1Nc1nc2ccc(Cn3cnc4cc(OC(F)(F)F)ccc43)cc2s1. The largest absolute Gasteiger partial charge is 0.573 e. The maximum Gasteiger partial charge on any atom is 0.573 e. The van der Waals surface area contributed by atoms with Crippen LogP contribution in [0.4, 0.5) is 18.3 Å². The first-order chi connectivity index (χ1) is 15.3. The Morgan fingerprint density at radius 1 is 1.12 bits per heavy atom. The van der Waals surface area contributed by atoms with Crippen LogP contribution in [0.15, 0.2) is 42.7 Å². The third kappa shape index (κ3) is 4.51. The summed E-state index contributed by atoms with van der Waals surface area (Å²) in [7, 11) is 0. The van der Waals surface area contributed by atoms with Crippen LogP contribution in [-0.4, -0.2) is 38.1 Å². The minimum Gasteiger partial charge on any atom is -0.406 e. The molecule has 0 bridgehead atoms. The van der Waals surface area contributed by atoms with E-state index in [1.54, 1.807) is 23.7 Å². The van der Waals surface area contributed by atoms with Crippen molar-refractivity contribution in [1.82, 2.24) is 14.5 Å². The van der Waals surface area contributed by atoms with Crippen LogP contribution < -0.4 is 10.1 Å². The van der Waals surface area contributed by atoms with Gasteiger partial charge in [-0.1, -0.05) is 30.2 Å². The lowest BCUT2D eigenvalue weighted by Gasteiger charge is -2.27. The lowest BCUT2D eigenvalue weighted by molar-refractivity contribution is -0.274. The standard InChI is InChI=1S/C22H21F3N4O2S/c23-22(24,25)31-14-6-8-18-17(10-14)26-12-29(18)11-13-5-7-16-20(9-13)32-21(28-16)27-15-3-1-2-4-19(15)30/h5-10,12,15,19,30H,1-4,11H2,(H,27,28)/t15-,19-/m1/s1. The van der Waals surface area contributed by atoms with Crippen LogP contribution in [0.25, 0.3) is 21.3 Å². The number of benzene rings is 2. The van der Waals surface area contributed by atoms with Crippen molar-refractivity contribution in [1.29, 1.82) is 0 Å². The predicted molar refractivity (Wildman–Crippen MR) is 117 cm³/mol. The molecule has 0 amide bonds. The highest BCUT2D eigenvalue weighted by atomic mass is 32.1. The van der Waals surface area contributed by atoms with Crippen molar-refractivity contribution in [3.8, 4) is 5.75 Å². The summed E-state index contributed by atoms with van der Waals surface area (Å²) in [5.74, 6) is -0.288. The molecule has 2 aromatic heterocycles. The second-order valence-corrected chi connectivity index (χ2v) is 9.03. The fraction of sp³-hybridized carbons (Fsp3) is 0.364. The van der Waals surface area contributed by atoms with Crippen molar-refractivity contribution >= 4 is 37.7 Å². The van der Waals surface area contributed by atoms with E-state index < -0.39 is 6.36 Å². The third-order valence-corrected chi connectivity index (χ3v) is 6.62. The van der Waals surface area contributed by atoms with Crippen molar-refractivity contribution in [2.24, 2.45) is 0 Å². The van der Waals surface area contributed by atoms with E-state index >= 15 is 0 Å². The van der Waals surface area contributed by atoms with Crippen molar-refractivity contribution in [2.45, 2.75) is 50.7 Å². The molecule has 0 aliphatic heterocycles. The van der Waals surface area contributed by atoms with Crippen LogP contribution in [0.1, 0.15) is 31.2 Å². The van der Waals surface area contributed by atoms with Crippen molar-refractivity contribution in [2.75, 3.05) is 5.32 Å². The molecule has 4 aromatic rings. The molecule has 168 valence electrons. The zero-order valence-corrected chi connectivity index (χ0v) is 17.8. The summed E-state index contributed by atoms with van der Waals surface area (Å²) in [6, 6.07) is 10.2. The number of hydrogen-bond donors (Lipinski definition) is 2. The van der Waals surface area contributed by atoms with E-state index in [9.17, 15) is 18.3 Å². The molecule has 1 saturated carbocycles. The second-order valence-electron chi connectivity index (χ2n) is 7.99. The highest BCUT2D eigenvalue weighted by molar-refractivity contribution is 7.22. The van der Waals surface area contributed by atoms with Crippen LogP contribution >= 0.6 is 11.3 Å².